The van der Waals surface area contributed by atoms with Crippen LogP contribution in [0.1, 0.15) is 15.9 Å². The van der Waals surface area contributed by atoms with E-state index in [1.165, 1.54) is 0 Å². The van der Waals surface area contributed by atoms with Crippen molar-refractivity contribution in [3.63, 3.8) is 0 Å². The Kier molecular flexibility index (Phi) is 4.48. The van der Waals surface area contributed by atoms with Gasteiger partial charge in [0.2, 0.25) is 5.91 Å². The largest absolute Gasteiger partial charge is 0.486 e. The van der Waals surface area contributed by atoms with Gasteiger partial charge in [0.15, 0.2) is 17.3 Å². The molecular weight excluding hydrogens is 318 g/mol. The zero-order valence-electron chi connectivity index (χ0n) is 12.2. The number of halogens is 1. The molecular formula is C17H14ClNO4. The van der Waals surface area contributed by atoms with Gasteiger partial charge >= 0.3 is 0 Å². The molecule has 3 rings (SSSR count). The maximum atomic E-state index is 12.7. The molecule has 23 heavy (non-hydrogen) atoms. The number of benzene rings is 2. The monoisotopic (exact) mass is 331 g/mol. The molecule has 6 heteroatoms. The standard InChI is InChI=1S/C17H14ClNO4/c18-10-16(20)19-13-9-15-14(22-6-7-23-15)8-12(13)17(21)11-4-2-1-3-5-11/h1-5,8-9H,6-7,10H2,(H,19,20). The molecule has 2 aromatic rings. The van der Waals surface area contributed by atoms with Crippen molar-refractivity contribution >= 4 is 29.0 Å². The molecule has 0 fully saturated rings. The highest BCUT2D eigenvalue weighted by atomic mass is 35.5. The van der Waals surface area contributed by atoms with Crippen LogP contribution in [0.4, 0.5) is 5.69 Å². The van der Waals surface area contributed by atoms with Crippen LogP contribution in [-0.4, -0.2) is 30.8 Å². The van der Waals surface area contributed by atoms with E-state index < -0.39 is 5.91 Å². The Morgan fingerprint density at radius 1 is 1.04 bits per heavy atom. The van der Waals surface area contributed by atoms with Gasteiger partial charge in [-0.1, -0.05) is 30.3 Å². The smallest absolute Gasteiger partial charge is 0.239 e. The van der Waals surface area contributed by atoms with E-state index in [1.54, 1.807) is 36.4 Å². The van der Waals surface area contributed by atoms with Crippen LogP contribution >= 0.6 is 11.6 Å². The maximum Gasteiger partial charge on any atom is 0.239 e. The minimum atomic E-state index is -0.398. The van der Waals surface area contributed by atoms with Crippen molar-refractivity contribution in [2.45, 2.75) is 0 Å². The van der Waals surface area contributed by atoms with E-state index in [2.05, 4.69) is 5.32 Å². The summed E-state index contributed by atoms with van der Waals surface area (Å²) in [7, 11) is 0. The number of carbonyl (C=O) groups excluding carboxylic acids is 2. The third-order valence-corrected chi connectivity index (χ3v) is 3.60. The zero-order valence-corrected chi connectivity index (χ0v) is 12.9. The number of hydrogen-bond acceptors (Lipinski definition) is 4. The van der Waals surface area contributed by atoms with Gasteiger partial charge in [-0.15, -0.1) is 11.6 Å². The molecule has 0 aliphatic carbocycles. The summed E-state index contributed by atoms with van der Waals surface area (Å²) in [6, 6.07) is 12.0. The summed E-state index contributed by atoms with van der Waals surface area (Å²) in [5, 5.41) is 2.63. The van der Waals surface area contributed by atoms with E-state index >= 15 is 0 Å². The fraction of sp³-hybridized carbons (Fsp3) is 0.176. The SMILES string of the molecule is O=C(CCl)Nc1cc2c(cc1C(=O)c1ccccc1)OCCO2. The van der Waals surface area contributed by atoms with E-state index in [0.29, 0.717) is 41.5 Å². The summed E-state index contributed by atoms with van der Waals surface area (Å²) in [5.74, 6) is 0.163. The highest BCUT2D eigenvalue weighted by Gasteiger charge is 2.21. The summed E-state index contributed by atoms with van der Waals surface area (Å²) >= 11 is 5.54. The van der Waals surface area contributed by atoms with Gasteiger partial charge in [-0.25, -0.2) is 0 Å². The Morgan fingerprint density at radius 2 is 1.70 bits per heavy atom. The second kappa shape index (κ2) is 6.71. The quantitative estimate of drug-likeness (QED) is 0.691. The third kappa shape index (κ3) is 3.29. The fourth-order valence-electron chi connectivity index (χ4n) is 2.31. The molecule has 2 aromatic carbocycles. The van der Waals surface area contributed by atoms with E-state index in [1.807, 2.05) is 6.07 Å². The van der Waals surface area contributed by atoms with Gasteiger partial charge in [0.05, 0.1) is 11.3 Å². The number of anilines is 1. The van der Waals surface area contributed by atoms with Crippen molar-refractivity contribution in [2.24, 2.45) is 0 Å². The van der Waals surface area contributed by atoms with Gasteiger partial charge < -0.3 is 14.8 Å². The number of amides is 1. The first kappa shape index (κ1) is 15.4. The molecule has 0 saturated heterocycles. The lowest BCUT2D eigenvalue weighted by molar-refractivity contribution is -0.113. The van der Waals surface area contributed by atoms with Crippen molar-refractivity contribution in [3.05, 3.63) is 53.6 Å². The van der Waals surface area contributed by atoms with Crippen molar-refractivity contribution < 1.29 is 19.1 Å². The first-order chi connectivity index (χ1) is 11.2. The molecule has 5 nitrogen and oxygen atoms in total. The molecule has 0 saturated carbocycles. The van der Waals surface area contributed by atoms with Crippen LogP contribution in [0.5, 0.6) is 11.5 Å². The molecule has 1 amide bonds. The first-order valence-corrected chi connectivity index (χ1v) is 7.61. The van der Waals surface area contributed by atoms with Gasteiger partial charge in [0, 0.05) is 11.6 Å². The predicted octanol–water partition coefficient (Wildman–Crippen LogP) is 2.87. The third-order valence-electron chi connectivity index (χ3n) is 3.36. The Bertz CT molecular complexity index is 746. The van der Waals surface area contributed by atoms with Gasteiger partial charge in [-0.3, -0.25) is 9.59 Å². The summed E-state index contributed by atoms with van der Waals surface area (Å²) < 4.78 is 11.0. The molecule has 1 aliphatic heterocycles. The molecule has 118 valence electrons. The lowest BCUT2D eigenvalue weighted by atomic mass is 10.0. The van der Waals surface area contributed by atoms with Crippen LogP contribution in [-0.2, 0) is 4.79 Å². The maximum absolute atomic E-state index is 12.7. The van der Waals surface area contributed by atoms with E-state index in [4.69, 9.17) is 21.1 Å². The van der Waals surface area contributed by atoms with E-state index in [-0.39, 0.29) is 11.7 Å². The molecule has 0 unspecified atom stereocenters. The van der Waals surface area contributed by atoms with Crippen LogP contribution in [0, 0.1) is 0 Å². The minimum Gasteiger partial charge on any atom is -0.486 e. The average molecular weight is 332 g/mol. The van der Waals surface area contributed by atoms with Crippen LogP contribution in [0.15, 0.2) is 42.5 Å². The number of rotatable bonds is 4. The summed E-state index contributed by atoms with van der Waals surface area (Å²) in [4.78, 5) is 24.4. The number of ether oxygens (including phenoxy) is 2. The lowest BCUT2D eigenvalue weighted by Crippen LogP contribution is -2.19. The summed E-state index contributed by atoms with van der Waals surface area (Å²) in [6.45, 7) is 0.835. The van der Waals surface area contributed by atoms with E-state index in [0.717, 1.165) is 0 Å². The molecule has 0 radical (unpaired) electrons. The van der Waals surface area contributed by atoms with Gasteiger partial charge in [0.25, 0.3) is 0 Å². The zero-order chi connectivity index (χ0) is 16.2. The normalized spacial score (nSPS) is 12.6. The van der Waals surface area contributed by atoms with Crippen LogP contribution in [0.2, 0.25) is 0 Å². The van der Waals surface area contributed by atoms with Gasteiger partial charge in [0.1, 0.15) is 19.1 Å². The molecule has 1 N–H and O–H groups in total. The van der Waals surface area contributed by atoms with Crippen molar-refractivity contribution in [1.29, 1.82) is 0 Å². The molecule has 0 bridgehead atoms. The van der Waals surface area contributed by atoms with Crippen LogP contribution < -0.4 is 14.8 Å². The number of alkyl halides is 1. The van der Waals surface area contributed by atoms with Crippen LogP contribution in [0.3, 0.4) is 0 Å². The highest BCUT2D eigenvalue weighted by Crippen LogP contribution is 2.36. The Labute approximate surface area is 138 Å². The molecule has 1 aliphatic rings. The number of hydrogen-bond donors (Lipinski definition) is 1. The number of nitrogens with one attached hydrogen (secondary N) is 1. The number of ketones is 1. The number of carbonyl (C=O) groups is 2. The average Bonchev–Trinajstić information content (AvgIpc) is 2.61. The Morgan fingerprint density at radius 3 is 2.35 bits per heavy atom. The first-order valence-electron chi connectivity index (χ1n) is 7.08. The predicted molar refractivity (Wildman–Crippen MR) is 86.7 cm³/mol. The summed E-state index contributed by atoms with van der Waals surface area (Å²) in [5.41, 5.74) is 1.21. The second-order valence-electron chi connectivity index (χ2n) is 4.92. The summed E-state index contributed by atoms with van der Waals surface area (Å²) in [6.07, 6.45) is 0. The number of fused-ring (bicyclic) bond motifs is 1. The van der Waals surface area contributed by atoms with Crippen molar-refractivity contribution in [1.82, 2.24) is 0 Å². The highest BCUT2D eigenvalue weighted by molar-refractivity contribution is 6.29. The molecule has 0 atom stereocenters. The minimum absolute atomic E-state index is 0.201. The molecule has 1 heterocycles. The van der Waals surface area contributed by atoms with E-state index in [9.17, 15) is 9.59 Å². The Balaban J connectivity index is 2.05. The molecule has 0 aromatic heterocycles. The van der Waals surface area contributed by atoms with Crippen LogP contribution in [0.25, 0.3) is 0 Å². The van der Waals surface area contributed by atoms with Crippen molar-refractivity contribution in [2.75, 3.05) is 24.4 Å². The second-order valence-corrected chi connectivity index (χ2v) is 5.19. The van der Waals surface area contributed by atoms with Gasteiger partial charge in [-0.05, 0) is 6.07 Å². The Hall–Kier alpha value is -2.53. The molecule has 0 spiro atoms. The van der Waals surface area contributed by atoms with Gasteiger partial charge in [-0.2, -0.15) is 0 Å². The van der Waals surface area contributed by atoms with Crippen molar-refractivity contribution in [3.8, 4) is 11.5 Å². The topological polar surface area (TPSA) is 64.6 Å². The fourth-order valence-corrected chi connectivity index (χ4v) is 2.38. The lowest BCUT2D eigenvalue weighted by Gasteiger charge is -2.21.